The van der Waals surface area contributed by atoms with Crippen molar-refractivity contribution >= 4 is 0 Å². The van der Waals surface area contributed by atoms with Crippen LogP contribution in [-0.2, 0) is 5.60 Å². The molecule has 0 saturated heterocycles. The van der Waals surface area contributed by atoms with E-state index in [-0.39, 0.29) is 12.2 Å². The first kappa shape index (κ1) is 15.9. The van der Waals surface area contributed by atoms with Crippen molar-refractivity contribution in [2.24, 2.45) is 0 Å². The molecule has 0 aliphatic heterocycles. The summed E-state index contributed by atoms with van der Waals surface area (Å²) in [6, 6.07) is 11.5. The Hall–Kier alpha value is -2.45. The SMILES string of the molecule is CC(O)(CCC#N)c1ccc(Oc2ccc(F)cc2F)cc1. The Bertz CT molecular complexity index is 691. The summed E-state index contributed by atoms with van der Waals surface area (Å²) in [6.45, 7) is 1.62. The highest BCUT2D eigenvalue weighted by Gasteiger charge is 2.22. The number of nitrogens with zero attached hydrogens (tertiary/aromatic N) is 1. The molecule has 2 aromatic carbocycles. The maximum absolute atomic E-state index is 13.5. The van der Waals surface area contributed by atoms with E-state index >= 15 is 0 Å². The third-order valence-corrected chi connectivity index (χ3v) is 3.32. The van der Waals surface area contributed by atoms with Crippen LogP contribution in [0.3, 0.4) is 0 Å². The molecule has 2 aromatic rings. The molecule has 1 unspecified atom stereocenters. The molecule has 0 bridgehead atoms. The number of halogens is 2. The van der Waals surface area contributed by atoms with Crippen molar-refractivity contribution in [3.8, 4) is 17.6 Å². The van der Waals surface area contributed by atoms with Gasteiger partial charge in [0.15, 0.2) is 11.6 Å². The van der Waals surface area contributed by atoms with E-state index in [1.807, 2.05) is 6.07 Å². The molecule has 1 atom stereocenters. The fourth-order valence-electron chi connectivity index (χ4n) is 2.01. The summed E-state index contributed by atoms with van der Waals surface area (Å²) >= 11 is 0. The highest BCUT2D eigenvalue weighted by molar-refractivity contribution is 5.35. The molecule has 0 aliphatic carbocycles. The number of hydrogen-bond donors (Lipinski definition) is 1. The lowest BCUT2D eigenvalue weighted by atomic mass is 9.91. The molecule has 1 N–H and O–H groups in total. The largest absolute Gasteiger partial charge is 0.454 e. The standard InChI is InChI=1S/C17H15F2NO2/c1-17(21,9-2-10-20)12-3-6-14(7-4-12)22-16-8-5-13(18)11-15(16)19/h3-8,11,21H,2,9H2,1H3. The van der Waals surface area contributed by atoms with Crippen LogP contribution in [0.2, 0.25) is 0 Å². The van der Waals surface area contributed by atoms with E-state index < -0.39 is 17.2 Å². The molecule has 0 fully saturated rings. The zero-order chi connectivity index (χ0) is 16.2. The van der Waals surface area contributed by atoms with Gasteiger partial charge < -0.3 is 9.84 Å². The summed E-state index contributed by atoms with van der Waals surface area (Å²) in [7, 11) is 0. The highest BCUT2D eigenvalue weighted by atomic mass is 19.1. The third-order valence-electron chi connectivity index (χ3n) is 3.32. The van der Waals surface area contributed by atoms with Crippen LogP contribution >= 0.6 is 0 Å². The van der Waals surface area contributed by atoms with Crippen molar-refractivity contribution in [1.29, 1.82) is 5.26 Å². The van der Waals surface area contributed by atoms with Gasteiger partial charge in [0, 0.05) is 12.5 Å². The van der Waals surface area contributed by atoms with Crippen molar-refractivity contribution in [3.63, 3.8) is 0 Å². The van der Waals surface area contributed by atoms with Crippen LogP contribution in [0.15, 0.2) is 42.5 Å². The van der Waals surface area contributed by atoms with Crippen molar-refractivity contribution in [3.05, 3.63) is 59.7 Å². The predicted molar refractivity (Wildman–Crippen MR) is 77.3 cm³/mol. The number of rotatable bonds is 5. The van der Waals surface area contributed by atoms with E-state index in [0.717, 1.165) is 12.1 Å². The van der Waals surface area contributed by atoms with Gasteiger partial charge in [-0.05, 0) is 43.2 Å². The zero-order valence-electron chi connectivity index (χ0n) is 12.0. The molecule has 0 heterocycles. The minimum atomic E-state index is -1.12. The summed E-state index contributed by atoms with van der Waals surface area (Å²) in [5.41, 5.74) is -0.482. The first-order valence-electron chi connectivity index (χ1n) is 6.75. The minimum absolute atomic E-state index is 0.0783. The average Bonchev–Trinajstić information content (AvgIpc) is 2.49. The Labute approximate surface area is 127 Å². The fourth-order valence-corrected chi connectivity index (χ4v) is 2.01. The van der Waals surface area contributed by atoms with Crippen LogP contribution < -0.4 is 4.74 Å². The molecular weight excluding hydrogens is 288 g/mol. The quantitative estimate of drug-likeness (QED) is 0.897. The van der Waals surface area contributed by atoms with E-state index in [9.17, 15) is 13.9 Å². The maximum atomic E-state index is 13.5. The molecule has 114 valence electrons. The van der Waals surface area contributed by atoms with Crippen LogP contribution in [0.1, 0.15) is 25.3 Å². The minimum Gasteiger partial charge on any atom is -0.454 e. The topological polar surface area (TPSA) is 53.2 Å². The van der Waals surface area contributed by atoms with Gasteiger partial charge in [-0.1, -0.05) is 12.1 Å². The van der Waals surface area contributed by atoms with Gasteiger partial charge in [-0.2, -0.15) is 5.26 Å². The van der Waals surface area contributed by atoms with Crippen LogP contribution in [0.4, 0.5) is 8.78 Å². The van der Waals surface area contributed by atoms with Gasteiger partial charge in [-0.3, -0.25) is 0 Å². The van der Waals surface area contributed by atoms with Crippen LogP contribution in [0, 0.1) is 23.0 Å². The van der Waals surface area contributed by atoms with Crippen molar-refractivity contribution < 1.29 is 18.6 Å². The van der Waals surface area contributed by atoms with Gasteiger partial charge in [0.05, 0.1) is 11.7 Å². The molecule has 0 saturated carbocycles. The van der Waals surface area contributed by atoms with Gasteiger partial charge in [0.25, 0.3) is 0 Å². The Balaban J connectivity index is 2.14. The first-order valence-corrected chi connectivity index (χ1v) is 6.75. The molecule has 3 nitrogen and oxygen atoms in total. The molecule has 22 heavy (non-hydrogen) atoms. The number of benzene rings is 2. The molecule has 0 radical (unpaired) electrons. The van der Waals surface area contributed by atoms with E-state index in [0.29, 0.717) is 17.7 Å². The Morgan fingerprint density at radius 3 is 2.45 bits per heavy atom. The average molecular weight is 303 g/mol. The lowest BCUT2D eigenvalue weighted by molar-refractivity contribution is 0.0492. The first-order chi connectivity index (χ1) is 10.4. The third kappa shape index (κ3) is 3.80. The Morgan fingerprint density at radius 2 is 1.86 bits per heavy atom. The smallest absolute Gasteiger partial charge is 0.168 e. The van der Waals surface area contributed by atoms with E-state index in [1.54, 1.807) is 31.2 Å². The van der Waals surface area contributed by atoms with Gasteiger partial charge in [0.1, 0.15) is 11.6 Å². The van der Waals surface area contributed by atoms with Crippen LogP contribution in [0.5, 0.6) is 11.5 Å². The lowest BCUT2D eigenvalue weighted by Crippen LogP contribution is -2.20. The van der Waals surface area contributed by atoms with E-state index in [1.165, 1.54) is 6.07 Å². The summed E-state index contributed by atoms with van der Waals surface area (Å²) in [6.07, 6.45) is 0.558. The van der Waals surface area contributed by atoms with Gasteiger partial charge in [0.2, 0.25) is 0 Å². The molecule has 0 amide bonds. The van der Waals surface area contributed by atoms with Crippen molar-refractivity contribution in [2.45, 2.75) is 25.4 Å². The van der Waals surface area contributed by atoms with Gasteiger partial charge in [-0.15, -0.1) is 0 Å². The number of ether oxygens (including phenoxy) is 1. The van der Waals surface area contributed by atoms with E-state index in [4.69, 9.17) is 10.00 Å². The molecular formula is C17H15F2NO2. The highest BCUT2D eigenvalue weighted by Crippen LogP contribution is 2.30. The monoisotopic (exact) mass is 303 g/mol. The summed E-state index contributed by atoms with van der Waals surface area (Å²) in [5, 5.41) is 18.9. The molecule has 5 heteroatoms. The molecule has 2 rings (SSSR count). The van der Waals surface area contributed by atoms with Crippen molar-refractivity contribution in [1.82, 2.24) is 0 Å². The van der Waals surface area contributed by atoms with Crippen LogP contribution in [-0.4, -0.2) is 5.11 Å². The maximum Gasteiger partial charge on any atom is 0.168 e. The Morgan fingerprint density at radius 1 is 1.18 bits per heavy atom. The molecule has 0 aliphatic rings. The van der Waals surface area contributed by atoms with Gasteiger partial charge >= 0.3 is 0 Å². The second kappa shape index (κ2) is 6.54. The second-order valence-corrected chi connectivity index (χ2v) is 5.13. The summed E-state index contributed by atoms with van der Waals surface area (Å²) < 4.78 is 31.7. The Kier molecular flexibility index (Phi) is 4.74. The number of nitriles is 1. The number of aliphatic hydroxyl groups is 1. The number of hydrogen-bond acceptors (Lipinski definition) is 3. The fraction of sp³-hybridized carbons (Fsp3) is 0.235. The van der Waals surface area contributed by atoms with Crippen molar-refractivity contribution in [2.75, 3.05) is 0 Å². The summed E-state index contributed by atoms with van der Waals surface area (Å²) in [4.78, 5) is 0. The molecule has 0 spiro atoms. The second-order valence-electron chi connectivity index (χ2n) is 5.13. The lowest BCUT2D eigenvalue weighted by Gasteiger charge is -2.22. The van der Waals surface area contributed by atoms with Gasteiger partial charge in [-0.25, -0.2) is 8.78 Å². The molecule has 0 aromatic heterocycles. The van der Waals surface area contributed by atoms with Crippen LogP contribution in [0.25, 0.3) is 0 Å². The summed E-state index contributed by atoms with van der Waals surface area (Å²) in [5.74, 6) is -1.17. The predicted octanol–water partition coefficient (Wildman–Crippen LogP) is 4.27. The zero-order valence-corrected chi connectivity index (χ0v) is 12.0. The van der Waals surface area contributed by atoms with E-state index in [2.05, 4.69) is 0 Å². The normalized spacial score (nSPS) is 13.2.